The van der Waals surface area contributed by atoms with E-state index in [0.717, 1.165) is 30.8 Å². The van der Waals surface area contributed by atoms with Gasteiger partial charge in [0.25, 0.3) is 0 Å². The first kappa shape index (κ1) is 19.1. The van der Waals surface area contributed by atoms with Gasteiger partial charge in [0.15, 0.2) is 17.0 Å². The predicted molar refractivity (Wildman–Crippen MR) is 110 cm³/mol. The molecule has 0 spiro atoms. The van der Waals surface area contributed by atoms with Crippen LogP contribution in [0, 0.1) is 0 Å². The number of benzene rings is 1. The average molecular weight is 401 g/mol. The van der Waals surface area contributed by atoms with Crippen LogP contribution in [-0.2, 0) is 16.7 Å². The van der Waals surface area contributed by atoms with Gasteiger partial charge in [-0.25, -0.2) is 14.6 Å². The molecular formula is C20H25ClN6O. The fourth-order valence-corrected chi connectivity index (χ4v) is 3.42. The van der Waals surface area contributed by atoms with Crippen LogP contribution in [0.25, 0.3) is 11.2 Å². The third-order valence-corrected chi connectivity index (χ3v) is 5.20. The number of ether oxygens (including phenoxy) is 1. The monoisotopic (exact) mass is 400 g/mol. The highest BCUT2D eigenvalue weighted by Gasteiger charge is 2.24. The second-order valence-corrected chi connectivity index (χ2v) is 8.58. The van der Waals surface area contributed by atoms with E-state index in [1.165, 1.54) is 0 Å². The van der Waals surface area contributed by atoms with Crippen LogP contribution in [0.4, 0.5) is 5.82 Å². The second kappa shape index (κ2) is 7.64. The molecule has 2 aromatic heterocycles. The molecule has 0 bridgehead atoms. The third kappa shape index (κ3) is 3.95. The maximum absolute atomic E-state index is 6.33. The molecular weight excluding hydrogens is 376 g/mol. The molecule has 0 amide bonds. The normalized spacial score (nSPS) is 17.4. The maximum Gasteiger partial charge on any atom is 0.184 e. The Bertz CT molecular complexity index is 974. The molecule has 1 aliphatic heterocycles. The van der Waals surface area contributed by atoms with Crippen molar-refractivity contribution in [2.45, 2.75) is 51.7 Å². The fourth-order valence-electron chi connectivity index (χ4n) is 3.23. The number of hydrogen-bond donors (Lipinski definition) is 1. The topological polar surface area (TPSA) is 77.8 Å². The van der Waals surface area contributed by atoms with E-state index in [0.29, 0.717) is 35.1 Å². The minimum Gasteiger partial charge on any atom is -0.376 e. The highest BCUT2D eigenvalue weighted by molar-refractivity contribution is 6.31. The van der Waals surface area contributed by atoms with E-state index in [1.54, 1.807) is 4.68 Å². The van der Waals surface area contributed by atoms with E-state index in [2.05, 4.69) is 36.4 Å². The lowest BCUT2D eigenvalue weighted by Gasteiger charge is -2.18. The molecule has 3 aromatic rings. The predicted octanol–water partition coefficient (Wildman–Crippen LogP) is 3.81. The Morgan fingerprint density at radius 1 is 1.25 bits per heavy atom. The Morgan fingerprint density at radius 2 is 2.07 bits per heavy atom. The molecule has 1 N–H and O–H groups in total. The molecule has 1 fully saturated rings. The number of rotatable bonds is 5. The van der Waals surface area contributed by atoms with Crippen LogP contribution < -0.4 is 5.32 Å². The molecule has 148 valence electrons. The van der Waals surface area contributed by atoms with E-state index in [9.17, 15) is 0 Å². The van der Waals surface area contributed by atoms with Gasteiger partial charge in [-0.2, -0.15) is 0 Å². The highest BCUT2D eigenvalue weighted by Crippen LogP contribution is 2.26. The first-order valence-electron chi connectivity index (χ1n) is 9.62. The van der Waals surface area contributed by atoms with Gasteiger partial charge < -0.3 is 10.1 Å². The van der Waals surface area contributed by atoms with Gasteiger partial charge in [0.2, 0.25) is 0 Å². The van der Waals surface area contributed by atoms with E-state index in [4.69, 9.17) is 26.3 Å². The van der Waals surface area contributed by atoms with Crippen LogP contribution in [0.5, 0.6) is 0 Å². The van der Waals surface area contributed by atoms with Crippen LogP contribution in [0.15, 0.2) is 24.3 Å². The SMILES string of the molecule is CC(C)(C)c1nc(NCC2CCCO2)c2nnn(Cc3ccccc3Cl)c2n1. The van der Waals surface area contributed by atoms with Crippen molar-refractivity contribution in [3.8, 4) is 0 Å². The minimum atomic E-state index is -0.200. The molecule has 8 heteroatoms. The van der Waals surface area contributed by atoms with Crippen LogP contribution in [0.2, 0.25) is 5.02 Å². The number of anilines is 1. The van der Waals surface area contributed by atoms with Crippen molar-refractivity contribution in [3.05, 3.63) is 40.7 Å². The van der Waals surface area contributed by atoms with Crippen molar-refractivity contribution in [1.82, 2.24) is 25.0 Å². The first-order chi connectivity index (χ1) is 13.4. The summed E-state index contributed by atoms with van der Waals surface area (Å²) in [5, 5.41) is 12.8. The molecule has 3 heterocycles. The quantitative estimate of drug-likeness (QED) is 0.701. The lowest BCUT2D eigenvalue weighted by Crippen LogP contribution is -2.22. The summed E-state index contributed by atoms with van der Waals surface area (Å²) in [6.45, 7) is 8.32. The third-order valence-electron chi connectivity index (χ3n) is 4.83. The van der Waals surface area contributed by atoms with Gasteiger partial charge in [-0.05, 0) is 24.5 Å². The Kier molecular flexibility index (Phi) is 5.21. The molecule has 7 nitrogen and oxygen atoms in total. The average Bonchev–Trinajstić information content (AvgIpc) is 3.31. The summed E-state index contributed by atoms with van der Waals surface area (Å²) >= 11 is 6.33. The molecule has 0 radical (unpaired) electrons. The first-order valence-corrected chi connectivity index (χ1v) is 10.0. The van der Waals surface area contributed by atoms with Crippen LogP contribution in [0.1, 0.15) is 45.0 Å². The summed E-state index contributed by atoms with van der Waals surface area (Å²) in [6, 6.07) is 7.74. The van der Waals surface area contributed by atoms with E-state index < -0.39 is 0 Å². The van der Waals surface area contributed by atoms with Crippen molar-refractivity contribution >= 4 is 28.6 Å². The number of nitrogens with zero attached hydrogens (tertiary/aromatic N) is 5. The molecule has 28 heavy (non-hydrogen) atoms. The summed E-state index contributed by atoms with van der Waals surface area (Å²) in [7, 11) is 0. The number of aromatic nitrogens is 5. The summed E-state index contributed by atoms with van der Waals surface area (Å²) in [5.41, 5.74) is 2.14. The van der Waals surface area contributed by atoms with Crippen LogP contribution in [-0.4, -0.2) is 44.2 Å². The Balaban J connectivity index is 1.71. The Hall–Kier alpha value is -2.25. The van der Waals surface area contributed by atoms with Gasteiger partial charge in [0.05, 0.1) is 12.6 Å². The van der Waals surface area contributed by atoms with Crippen molar-refractivity contribution in [3.63, 3.8) is 0 Å². The highest BCUT2D eigenvalue weighted by atomic mass is 35.5. The van der Waals surface area contributed by atoms with Gasteiger partial charge >= 0.3 is 0 Å². The zero-order chi connectivity index (χ0) is 19.7. The smallest absolute Gasteiger partial charge is 0.184 e. The van der Waals surface area contributed by atoms with Gasteiger partial charge in [-0.3, -0.25) is 0 Å². The van der Waals surface area contributed by atoms with E-state index in [-0.39, 0.29) is 11.5 Å². The van der Waals surface area contributed by atoms with Crippen LogP contribution >= 0.6 is 11.6 Å². The van der Waals surface area contributed by atoms with Crippen molar-refractivity contribution in [1.29, 1.82) is 0 Å². The second-order valence-electron chi connectivity index (χ2n) is 8.17. The standard InChI is InChI=1S/C20H25ClN6O/c1-20(2,3)19-23-17(22-11-14-8-6-10-28-14)16-18(24-19)27(26-25-16)12-13-7-4-5-9-15(13)21/h4-5,7,9,14H,6,8,10-12H2,1-3H3,(H,22,23,24). The zero-order valence-corrected chi connectivity index (χ0v) is 17.2. The van der Waals surface area contributed by atoms with Gasteiger partial charge in [-0.1, -0.05) is 55.8 Å². The van der Waals surface area contributed by atoms with E-state index >= 15 is 0 Å². The van der Waals surface area contributed by atoms with Gasteiger partial charge in [-0.15, -0.1) is 5.10 Å². The minimum absolute atomic E-state index is 0.200. The summed E-state index contributed by atoms with van der Waals surface area (Å²) in [5.74, 6) is 1.45. The molecule has 4 rings (SSSR count). The molecule has 1 unspecified atom stereocenters. The summed E-state index contributed by atoms with van der Waals surface area (Å²) in [6.07, 6.45) is 2.38. The molecule has 0 aliphatic carbocycles. The zero-order valence-electron chi connectivity index (χ0n) is 16.4. The van der Waals surface area contributed by atoms with Crippen molar-refractivity contribution in [2.75, 3.05) is 18.5 Å². The van der Waals surface area contributed by atoms with Gasteiger partial charge in [0, 0.05) is 23.6 Å². The van der Waals surface area contributed by atoms with Crippen molar-refractivity contribution < 1.29 is 4.74 Å². The Morgan fingerprint density at radius 3 is 2.79 bits per heavy atom. The molecule has 0 saturated carbocycles. The summed E-state index contributed by atoms with van der Waals surface area (Å²) in [4.78, 5) is 9.54. The largest absolute Gasteiger partial charge is 0.376 e. The number of fused-ring (bicyclic) bond motifs is 1. The lowest BCUT2D eigenvalue weighted by atomic mass is 9.96. The Labute approximate surface area is 169 Å². The molecule has 1 atom stereocenters. The number of nitrogens with one attached hydrogen (secondary N) is 1. The fraction of sp³-hybridized carbons (Fsp3) is 0.500. The molecule has 1 aliphatic rings. The summed E-state index contributed by atoms with van der Waals surface area (Å²) < 4.78 is 7.50. The number of halogens is 1. The van der Waals surface area contributed by atoms with Crippen molar-refractivity contribution in [2.24, 2.45) is 0 Å². The number of hydrogen-bond acceptors (Lipinski definition) is 6. The molecule has 1 aromatic carbocycles. The molecule has 1 saturated heterocycles. The van der Waals surface area contributed by atoms with E-state index in [1.807, 2.05) is 24.3 Å². The maximum atomic E-state index is 6.33. The van der Waals surface area contributed by atoms with Crippen LogP contribution in [0.3, 0.4) is 0 Å². The lowest BCUT2D eigenvalue weighted by molar-refractivity contribution is 0.120. The van der Waals surface area contributed by atoms with Gasteiger partial charge in [0.1, 0.15) is 5.82 Å².